The van der Waals surface area contributed by atoms with Crippen LogP contribution in [0.2, 0.25) is 0 Å². The Hall–Kier alpha value is -1.03. The van der Waals surface area contributed by atoms with Crippen LogP contribution in [0.4, 0.5) is 10.7 Å². The number of carbonyl (C=O) groups is 1. The van der Waals surface area contributed by atoms with Crippen LogP contribution >= 0.6 is 11.3 Å². The molecule has 3 aliphatic carbocycles. The van der Waals surface area contributed by atoms with E-state index in [0.29, 0.717) is 11.7 Å². The van der Waals surface area contributed by atoms with Gasteiger partial charge in [-0.15, -0.1) is 11.3 Å². The van der Waals surface area contributed by atoms with Crippen molar-refractivity contribution in [3.8, 4) is 0 Å². The summed E-state index contributed by atoms with van der Waals surface area (Å²) < 4.78 is 0. The molecule has 0 radical (unpaired) electrons. The quantitative estimate of drug-likeness (QED) is 0.773. The van der Waals surface area contributed by atoms with Crippen molar-refractivity contribution in [2.24, 2.45) is 11.8 Å². The SMILES string of the molecule is CCN(CC1CC1)c1sc(C(=O)C2CC2)c(N)c1C1CC1. The van der Waals surface area contributed by atoms with Gasteiger partial charge in [0, 0.05) is 24.6 Å². The highest BCUT2D eigenvalue weighted by atomic mass is 32.1. The van der Waals surface area contributed by atoms with E-state index in [0.717, 1.165) is 42.4 Å². The van der Waals surface area contributed by atoms with Gasteiger partial charge in [-0.3, -0.25) is 4.79 Å². The average Bonchev–Trinajstić information content (AvgIpc) is 3.35. The smallest absolute Gasteiger partial charge is 0.178 e. The zero-order valence-corrected chi connectivity index (χ0v) is 13.5. The maximum absolute atomic E-state index is 12.5. The largest absolute Gasteiger partial charge is 0.397 e. The van der Waals surface area contributed by atoms with E-state index in [1.807, 2.05) is 0 Å². The molecule has 21 heavy (non-hydrogen) atoms. The van der Waals surface area contributed by atoms with Gasteiger partial charge in [-0.25, -0.2) is 0 Å². The van der Waals surface area contributed by atoms with Gasteiger partial charge in [-0.1, -0.05) is 0 Å². The van der Waals surface area contributed by atoms with E-state index in [-0.39, 0.29) is 5.92 Å². The summed E-state index contributed by atoms with van der Waals surface area (Å²) in [5.74, 6) is 2.06. The van der Waals surface area contributed by atoms with E-state index < -0.39 is 0 Å². The van der Waals surface area contributed by atoms with Crippen molar-refractivity contribution in [3.05, 3.63) is 10.4 Å². The molecule has 4 heteroatoms. The third-order valence-electron chi connectivity index (χ3n) is 4.97. The number of carbonyl (C=O) groups excluding carboxylic acids is 1. The number of nitrogens with two attached hydrogens (primary N) is 1. The summed E-state index contributed by atoms with van der Waals surface area (Å²) in [6.07, 6.45) is 7.33. The minimum absolute atomic E-state index is 0.268. The average molecular weight is 304 g/mol. The highest BCUT2D eigenvalue weighted by molar-refractivity contribution is 7.19. The van der Waals surface area contributed by atoms with Crippen LogP contribution in [0.5, 0.6) is 0 Å². The van der Waals surface area contributed by atoms with E-state index in [1.54, 1.807) is 11.3 Å². The lowest BCUT2D eigenvalue weighted by molar-refractivity contribution is 0.0972. The maximum Gasteiger partial charge on any atom is 0.178 e. The summed E-state index contributed by atoms with van der Waals surface area (Å²) in [5, 5.41) is 1.31. The summed E-state index contributed by atoms with van der Waals surface area (Å²) in [5.41, 5.74) is 8.55. The van der Waals surface area contributed by atoms with Crippen LogP contribution in [-0.2, 0) is 0 Å². The van der Waals surface area contributed by atoms with Crippen molar-refractivity contribution in [3.63, 3.8) is 0 Å². The summed E-state index contributed by atoms with van der Waals surface area (Å²) in [4.78, 5) is 15.8. The van der Waals surface area contributed by atoms with Crippen LogP contribution in [-0.4, -0.2) is 18.9 Å². The Morgan fingerprint density at radius 3 is 2.48 bits per heavy atom. The number of ketones is 1. The number of hydrogen-bond acceptors (Lipinski definition) is 4. The number of thiophene rings is 1. The molecule has 0 aromatic carbocycles. The fourth-order valence-corrected chi connectivity index (χ4v) is 4.53. The van der Waals surface area contributed by atoms with Gasteiger partial charge >= 0.3 is 0 Å². The van der Waals surface area contributed by atoms with Crippen LogP contribution < -0.4 is 10.6 Å². The van der Waals surface area contributed by atoms with Gasteiger partial charge in [-0.2, -0.15) is 0 Å². The molecule has 0 atom stereocenters. The lowest BCUT2D eigenvalue weighted by atomic mass is 10.1. The van der Waals surface area contributed by atoms with Crippen LogP contribution in [0.1, 0.15) is 66.6 Å². The lowest BCUT2D eigenvalue weighted by Gasteiger charge is -2.23. The summed E-state index contributed by atoms with van der Waals surface area (Å²) in [6.45, 7) is 4.39. The number of rotatable bonds is 7. The molecule has 3 aliphatic rings. The number of Topliss-reactive ketones (excluding diaryl/α,β-unsaturated/α-hetero) is 1. The van der Waals surface area contributed by atoms with Crippen molar-refractivity contribution < 1.29 is 4.79 Å². The van der Waals surface area contributed by atoms with Crippen molar-refractivity contribution in [1.29, 1.82) is 0 Å². The third-order valence-corrected chi connectivity index (χ3v) is 6.26. The zero-order valence-electron chi connectivity index (χ0n) is 12.7. The topological polar surface area (TPSA) is 46.3 Å². The molecule has 1 aromatic heterocycles. The standard InChI is InChI=1S/C17H24N2OS/c1-2-19(9-10-3-4-10)17-13(11-5-6-11)14(18)16(21-17)15(20)12-7-8-12/h10-12H,2-9,18H2,1H3. The Morgan fingerprint density at radius 1 is 1.24 bits per heavy atom. The third kappa shape index (κ3) is 2.59. The van der Waals surface area contributed by atoms with E-state index in [9.17, 15) is 4.79 Å². The Labute approximate surface area is 130 Å². The van der Waals surface area contributed by atoms with E-state index in [2.05, 4.69) is 11.8 Å². The molecular formula is C17H24N2OS. The molecular weight excluding hydrogens is 280 g/mol. The fourth-order valence-electron chi connectivity index (χ4n) is 3.13. The second-order valence-electron chi connectivity index (χ2n) is 6.96. The van der Waals surface area contributed by atoms with Crippen LogP contribution in [0.3, 0.4) is 0 Å². The molecule has 3 saturated carbocycles. The Morgan fingerprint density at radius 2 is 1.95 bits per heavy atom. The molecule has 0 aliphatic heterocycles. The lowest BCUT2D eigenvalue weighted by Crippen LogP contribution is -2.25. The van der Waals surface area contributed by atoms with Crippen LogP contribution in [0.15, 0.2) is 0 Å². The van der Waals surface area contributed by atoms with Gasteiger partial charge in [0.2, 0.25) is 0 Å². The summed E-state index contributed by atoms with van der Waals surface area (Å²) in [7, 11) is 0. The predicted molar refractivity (Wildman–Crippen MR) is 88.4 cm³/mol. The van der Waals surface area contributed by atoms with Crippen molar-refractivity contribution >= 4 is 27.8 Å². The first-order chi connectivity index (χ1) is 10.2. The molecule has 0 spiro atoms. The van der Waals surface area contributed by atoms with E-state index in [4.69, 9.17) is 5.73 Å². The van der Waals surface area contributed by atoms with Gasteiger partial charge in [0.15, 0.2) is 5.78 Å². The van der Waals surface area contributed by atoms with Gasteiger partial charge in [0.05, 0.1) is 15.6 Å². The molecule has 1 aromatic rings. The first-order valence-corrected chi connectivity index (χ1v) is 9.22. The molecule has 3 fully saturated rings. The first kappa shape index (κ1) is 13.6. The zero-order chi connectivity index (χ0) is 14.6. The van der Waals surface area contributed by atoms with Gasteiger partial charge < -0.3 is 10.6 Å². The number of nitrogen functional groups attached to an aromatic ring is 1. The Balaban J connectivity index is 1.69. The second-order valence-corrected chi connectivity index (χ2v) is 7.96. The molecule has 0 unspecified atom stereocenters. The van der Waals surface area contributed by atoms with Crippen molar-refractivity contribution in [2.45, 2.75) is 51.4 Å². The molecule has 0 bridgehead atoms. The monoisotopic (exact) mass is 304 g/mol. The molecule has 1 heterocycles. The highest BCUT2D eigenvalue weighted by Gasteiger charge is 2.38. The van der Waals surface area contributed by atoms with Crippen molar-refractivity contribution in [1.82, 2.24) is 0 Å². The number of hydrogen-bond donors (Lipinski definition) is 1. The van der Waals surface area contributed by atoms with E-state index >= 15 is 0 Å². The highest BCUT2D eigenvalue weighted by Crippen LogP contribution is 2.53. The van der Waals surface area contributed by atoms with Crippen LogP contribution in [0.25, 0.3) is 0 Å². The van der Waals surface area contributed by atoms with Crippen LogP contribution in [0, 0.1) is 11.8 Å². The molecule has 0 amide bonds. The molecule has 3 nitrogen and oxygen atoms in total. The van der Waals surface area contributed by atoms with Gasteiger partial charge in [0.25, 0.3) is 0 Å². The molecule has 0 saturated heterocycles. The summed E-state index contributed by atoms with van der Waals surface area (Å²) >= 11 is 1.68. The normalized spacial score (nSPS) is 21.6. The maximum atomic E-state index is 12.5. The number of nitrogens with zero attached hydrogens (tertiary/aromatic N) is 1. The Kier molecular flexibility index (Phi) is 3.25. The molecule has 4 rings (SSSR count). The van der Waals surface area contributed by atoms with Crippen molar-refractivity contribution in [2.75, 3.05) is 23.7 Å². The van der Waals surface area contributed by atoms with E-state index in [1.165, 1.54) is 36.2 Å². The number of anilines is 2. The minimum Gasteiger partial charge on any atom is -0.397 e. The molecule has 114 valence electrons. The first-order valence-electron chi connectivity index (χ1n) is 8.40. The predicted octanol–water partition coefficient (Wildman–Crippen LogP) is 4.04. The fraction of sp³-hybridized carbons (Fsp3) is 0.706. The van der Waals surface area contributed by atoms with Gasteiger partial charge in [0.1, 0.15) is 0 Å². The Bertz CT molecular complexity index is 568. The second kappa shape index (κ2) is 5.01. The van der Waals surface area contributed by atoms with Gasteiger partial charge in [-0.05, 0) is 57.3 Å². The summed E-state index contributed by atoms with van der Waals surface area (Å²) in [6, 6.07) is 0. The minimum atomic E-state index is 0.268. The molecule has 2 N–H and O–H groups in total.